The molecule has 7 nitrogen and oxygen atoms in total. The van der Waals surface area contributed by atoms with Crippen LogP contribution < -0.4 is 9.47 Å². The van der Waals surface area contributed by atoms with Crippen LogP contribution in [0.3, 0.4) is 0 Å². The summed E-state index contributed by atoms with van der Waals surface area (Å²) >= 11 is 6.37. The average Bonchev–Trinajstić information content (AvgIpc) is 3.08. The normalized spacial score (nSPS) is 20.6. The molecule has 8 heteroatoms. The molecular weight excluding hydrogens is 372 g/mol. The molecule has 2 amide bonds. The summed E-state index contributed by atoms with van der Waals surface area (Å²) < 4.78 is 15.8. The smallest absolute Gasteiger partial charge is 0.410 e. The zero-order valence-corrected chi connectivity index (χ0v) is 16.6. The highest BCUT2D eigenvalue weighted by atomic mass is 35.5. The predicted molar refractivity (Wildman–Crippen MR) is 101 cm³/mol. The van der Waals surface area contributed by atoms with E-state index in [1.165, 1.54) is 14.2 Å². The number of methoxy groups -OCH3 is 2. The lowest BCUT2D eigenvalue weighted by atomic mass is 10.0. The van der Waals surface area contributed by atoms with Gasteiger partial charge in [-0.3, -0.25) is 4.79 Å². The van der Waals surface area contributed by atoms with Crippen LogP contribution in [0, 0.1) is 0 Å². The summed E-state index contributed by atoms with van der Waals surface area (Å²) in [6, 6.07) is 3.44. The molecule has 2 saturated heterocycles. The Balaban J connectivity index is 1.66. The molecule has 2 fully saturated rings. The third-order valence-corrected chi connectivity index (χ3v) is 5.64. The number of carbonyl (C=O) groups excluding carboxylic acids is 2. The summed E-state index contributed by atoms with van der Waals surface area (Å²) in [5.74, 6) is 0.691. The molecule has 0 spiro atoms. The maximum absolute atomic E-state index is 12.9. The molecule has 1 unspecified atom stereocenters. The molecular formula is C19H25ClN2O5. The summed E-state index contributed by atoms with van der Waals surface area (Å²) in [6.07, 6.45) is 2.00. The fourth-order valence-electron chi connectivity index (χ4n) is 3.66. The Morgan fingerprint density at radius 3 is 2.52 bits per heavy atom. The van der Waals surface area contributed by atoms with E-state index in [0.29, 0.717) is 36.7 Å². The summed E-state index contributed by atoms with van der Waals surface area (Å²) in [4.78, 5) is 28.5. The lowest BCUT2D eigenvalue weighted by Crippen LogP contribution is -2.47. The molecule has 1 aromatic carbocycles. The molecule has 0 aromatic heterocycles. The van der Waals surface area contributed by atoms with Crippen LogP contribution in [0.2, 0.25) is 5.02 Å². The molecule has 0 aliphatic carbocycles. The Labute approximate surface area is 164 Å². The molecule has 0 bridgehead atoms. The highest BCUT2D eigenvalue weighted by Gasteiger charge is 2.37. The highest BCUT2D eigenvalue weighted by Crippen LogP contribution is 2.38. The van der Waals surface area contributed by atoms with Gasteiger partial charge in [0.1, 0.15) is 6.10 Å². The highest BCUT2D eigenvalue weighted by molar-refractivity contribution is 6.35. The van der Waals surface area contributed by atoms with Crippen LogP contribution in [0.15, 0.2) is 12.1 Å². The van der Waals surface area contributed by atoms with Gasteiger partial charge in [0.25, 0.3) is 5.91 Å². The summed E-state index contributed by atoms with van der Waals surface area (Å²) in [6.45, 7) is 3.77. The molecule has 0 radical (unpaired) electrons. The van der Waals surface area contributed by atoms with Crippen LogP contribution in [0.1, 0.15) is 36.5 Å². The minimum atomic E-state index is -0.241. The van der Waals surface area contributed by atoms with Crippen molar-refractivity contribution in [2.45, 2.75) is 38.3 Å². The second kappa shape index (κ2) is 8.25. The first-order chi connectivity index (χ1) is 13.0. The van der Waals surface area contributed by atoms with Crippen molar-refractivity contribution >= 4 is 23.6 Å². The minimum absolute atomic E-state index is 0.0252. The number of halogens is 1. The van der Waals surface area contributed by atoms with Crippen molar-refractivity contribution in [2.75, 3.05) is 33.9 Å². The van der Waals surface area contributed by atoms with Crippen molar-refractivity contribution < 1.29 is 23.8 Å². The Morgan fingerprint density at radius 1 is 1.26 bits per heavy atom. The molecule has 148 valence electrons. The zero-order chi connectivity index (χ0) is 19.6. The quantitative estimate of drug-likeness (QED) is 0.764. The first-order valence-electron chi connectivity index (χ1n) is 9.17. The number of likely N-dealkylation sites (tertiary alicyclic amines) is 1. The molecule has 2 aliphatic rings. The number of hydrogen-bond acceptors (Lipinski definition) is 5. The van der Waals surface area contributed by atoms with Crippen molar-refractivity contribution in [1.29, 1.82) is 0 Å². The van der Waals surface area contributed by atoms with Crippen molar-refractivity contribution in [2.24, 2.45) is 0 Å². The second-order valence-electron chi connectivity index (χ2n) is 6.75. The van der Waals surface area contributed by atoms with E-state index < -0.39 is 0 Å². The van der Waals surface area contributed by atoms with E-state index in [1.807, 2.05) is 6.92 Å². The van der Waals surface area contributed by atoms with Crippen LogP contribution in [-0.4, -0.2) is 67.8 Å². The SMILES string of the molecule is CCC1CN(C2CCN(C(=O)c3ccc(OC)c(OC)c3Cl)CC2)C(=O)O1. The van der Waals surface area contributed by atoms with Gasteiger partial charge in [-0.1, -0.05) is 18.5 Å². The average molecular weight is 397 g/mol. The topological polar surface area (TPSA) is 68.3 Å². The number of nitrogens with zero attached hydrogens (tertiary/aromatic N) is 2. The molecule has 27 heavy (non-hydrogen) atoms. The summed E-state index contributed by atoms with van der Waals surface area (Å²) in [7, 11) is 3.01. The minimum Gasteiger partial charge on any atom is -0.493 e. The van der Waals surface area contributed by atoms with E-state index in [1.54, 1.807) is 21.9 Å². The van der Waals surface area contributed by atoms with E-state index in [9.17, 15) is 9.59 Å². The summed E-state index contributed by atoms with van der Waals surface area (Å²) in [5.41, 5.74) is 0.388. The number of ether oxygens (including phenoxy) is 3. The second-order valence-corrected chi connectivity index (χ2v) is 7.13. The van der Waals surface area contributed by atoms with E-state index in [-0.39, 0.29) is 29.2 Å². The van der Waals surface area contributed by atoms with Gasteiger partial charge in [0.05, 0.1) is 31.4 Å². The first-order valence-corrected chi connectivity index (χ1v) is 9.54. The van der Waals surface area contributed by atoms with Crippen LogP contribution in [0.4, 0.5) is 4.79 Å². The number of cyclic esters (lactones) is 1. The van der Waals surface area contributed by atoms with E-state index in [4.69, 9.17) is 25.8 Å². The van der Waals surface area contributed by atoms with Gasteiger partial charge in [-0.2, -0.15) is 0 Å². The Morgan fingerprint density at radius 2 is 1.96 bits per heavy atom. The molecule has 0 N–H and O–H groups in total. The van der Waals surface area contributed by atoms with E-state index >= 15 is 0 Å². The number of benzene rings is 1. The fourth-order valence-corrected chi connectivity index (χ4v) is 3.97. The molecule has 2 aliphatic heterocycles. The maximum atomic E-state index is 12.9. The number of carbonyl (C=O) groups is 2. The van der Waals surface area contributed by atoms with Gasteiger partial charge >= 0.3 is 6.09 Å². The largest absolute Gasteiger partial charge is 0.493 e. The number of piperidine rings is 1. The standard InChI is InChI=1S/C19H25ClN2O5/c1-4-13-11-22(19(24)27-13)12-7-9-21(10-8-12)18(23)14-5-6-15(25-2)17(26-3)16(14)20/h5-6,12-13H,4,7-11H2,1-3H3. The number of rotatable bonds is 5. The summed E-state index contributed by atoms with van der Waals surface area (Å²) in [5, 5.41) is 0.248. The maximum Gasteiger partial charge on any atom is 0.410 e. The zero-order valence-electron chi connectivity index (χ0n) is 15.9. The van der Waals surface area contributed by atoms with Crippen molar-refractivity contribution in [3.63, 3.8) is 0 Å². The number of hydrogen-bond donors (Lipinski definition) is 0. The first kappa shape index (κ1) is 19.6. The molecule has 1 aromatic rings. The lowest BCUT2D eigenvalue weighted by molar-refractivity contribution is 0.0658. The van der Waals surface area contributed by atoms with Crippen LogP contribution >= 0.6 is 11.6 Å². The Bertz CT molecular complexity index is 718. The molecule has 2 heterocycles. The van der Waals surface area contributed by atoms with Gasteiger partial charge in [-0.05, 0) is 31.4 Å². The van der Waals surface area contributed by atoms with Crippen LogP contribution in [0.5, 0.6) is 11.5 Å². The van der Waals surface area contributed by atoms with E-state index in [2.05, 4.69) is 0 Å². The van der Waals surface area contributed by atoms with Crippen molar-refractivity contribution in [1.82, 2.24) is 9.80 Å². The van der Waals surface area contributed by atoms with Gasteiger partial charge in [0, 0.05) is 19.1 Å². The third-order valence-electron chi connectivity index (χ3n) is 5.27. The van der Waals surface area contributed by atoms with Gasteiger partial charge in [0.2, 0.25) is 0 Å². The van der Waals surface area contributed by atoms with E-state index in [0.717, 1.165) is 19.3 Å². The number of amides is 2. The van der Waals surface area contributed by atoms with Crippen molar-refractivity contribution in [3.8, 4) is 11.5 Å². The molecule has 1 atom stereocenters. The van der Waals surface area contributed by atoms with Crippen LogP contribution in [0.25, 0.3) is 0 Å². The Kier molecular flexibility index (Phi) is 5.99. The van der Waals surface area contributed by atoms with Gasteiger partial charge in [-0.15, -0.1) is 0 Å². The van der Waals surface area contributed by atoms with Gasteiger partial charge in [0.15, 0.2) is 11.5 Å². The van der Waals surface area contributed by atoms with Gasteiger partial charge in [-0.25, -0.2) is 4.79 Å². The Hall–Kier alpha value is -2.15. The predicted octanol–water partition coefficient (Wildman–Crippen LogP) is 3.19. The lowest BCUT2D eigenvalue weighted by Gasteiger charge is -2.35. The monoisotopic (exact) mass is 396 g/mol. The van der Waals surface area contributed by atoms with Crippen molar-refractivity contribution in [3.05, 3.63) is 22.7 Å². The third kappa shape index (κ3) is 3.78. The van der Waals surface area contributed by atoms with Crippen LogP contribution in [-0.2, 0) is 4.74 Å². The fraction of sp³-hybridized carbons (Fsp3) is 0.579. The molecule has 0 saturated carbocycles. The molecule has 3 rings (SSSR count). The van der Waals surface area contributed by atoms with Gasteiger partial charge < -0.3 is 24.0 Å².